The van der Waals surface area contributed by atoms with Crippen LogP contribution in [-0.2, 0) is 16.1 Å². The molecule has 0 aliphatic carbocycles. The van der Waals surface area contributed by atoms with E-state index in [4.69, 9.17) is 14.7 Å². The van der Waals surface area contributed by atoms with Crippen molar-refractivity contribution in [2.45, 2.75) is 26.6 Å². The Hall–Kier alpha value is -1.44. The van der Waals surface area contributed by atoms with Crippen molar-refractivity contribution >= 4 is 0 Å². The van der Waals surface area contributed by atoms with Crippen molar-refractivity contribution in [2.24, 2.45) is 0 Å². The predicted molar refractivity (Wildman–Crippen MR) is 61.9 cm³/mol. The Labute approximate surface area is 101 Å². The standard InChI is InChI=1S/C13H16FNO2/c1-10(2)17-6-5-16-9-12-4-3-11(8-15)7-13(12)14/h3-4,7,10H,5-6,9H2,1-2H3. The lowest BCUT2D eigenvalue weighted by Gasteiger charge is -2.08. The molecule has 1 aromatic carbocycles. The second-order valence-electron chi connectivity index (χ2n) is 3.89. The SMILES string of the molecule is CC(C)OCCOCc1ccc(C#N)cc1F. The van der Waals surface area contributed by atoms with Crippen molar-refractivity contribution in [2.75, 3.05) is 13.2 Å². The first-order chi connectivity index (χ1) is 8.13. The van der Waals surface area contributed by atoms with E-state index in [1.807, 2.05) is 19.9 Å². The van der Waals surface area contributed by atoms with E-state index in [2.05, 4.69) is 0 Å². The molecule has 0 heterocycles. The van der Waals surface area contributed by atoms with E-state index in [1.165, 1.54) is 6.07 Å². The van der Waals surface area contributed by atoms with Gasteiger partial charge in [0.15, 0.2) is 0 Å². The Balaban J connectivity index is 2.35. The zero-order valence-corrected chi connectivity index (χ0v) is 10.1. The highest BCUT2D eigenvalue weighted by Gasteiger charge is 2.03. The van der Waals surface area contributed by atoms with Crippen molar-refractivity contribution in [3.8, 4) is 6.07 Å². The summed E-state index contributed by atoms with van der Waals surface area (Å²) in [5.74, 6) is -0.408. The van der Waals surface area contributed by atoms with Gasteiger partial charge in [-0.2, -0.15) is 5.26 Å². The van der Waals surface area contributed by atoms with Crippen LogP contribution in [0.3, 0.4) is 0 Å². The first kappa shape index (κ1) is 13.6. The molecule has 0 spiro atoms. The number of hydrogen-bond donors (Lipinski definition) is 0. The highest BCUT2D eigenvalue weighted by atomic mass is 19.1. The van der Waals surface area contributed by atoms with Crippen LogP contribution >= 0.6 is 0 Å². The fraction of sp³-hybridized carbons (Fsp3) is 0.462. The quantitative estimate of drug-likeness (QED) is 0.714. The van der Waals surface area contributed by atoms with Gasteiger partial charge in [0, 0.05) is 5.56 Å². The molecule has 17 heavy (non-hydrogen) atoms. The summed E-state index contributed by atoms with van der Waals surface area (Å²) in [6.45, 7) is 5.01. The largest absolute Gasteiger partial charge is 0.376 e. The molecule has 0 N–H and O–H groups in total. The maximum absolute atomic E-state index is 13.4. The fourth-order valence-electron chi connectivity index (χ4n) is 1.26. The van der Waals surface area contributed by atoms with Gasteiger partial charge in [0.2, 0.25) is 0 Å². The molecular weight excluding hydrogens is 221 g/mol. The molecule has 0 saturated carbocycles. The Kier molecular flexibility index (Phi) is 5.61. The number of ether oxygens (including phenoxy) is 2. The summed E-state index contributed by atoms with van der Waals surface area (Å²) >= 11 is 0. The van der Waals surface area contributed by atoms with Crippen LogP contribution in [0.2, 0.25) is 0 Å². The third-order valence-electron chi connectivity index (χ3n) is 2.12. The van der Waals surface area contributed by atoms with Gasteiger partial charge in [0.1, 0.15) is 5.82 Å². The third kappa shape index (κ3) is 4.94. The Morgan fingerprint density at radius 1 is 1.35 bits per heavy atom. The second kappa shape index (κ2) is 7.00. The van der Waals surface area contributed by atoms with Crippen LogP contribution in [0.15, 0.2) is 18.2 Å². The van der Waals surface area contributed by atoms with E-state index >= 15 is 0 Å². The minimum atomic E-state index is -0.408. The van der Waals surface area contributed by atoms with E-state index in [0.29, 0.717) is 24.3 Å². The molecule has 1 rings (SSSR count). The zero-order valence-electron chi connectivity index (χ0n) is 10.1. The average molecular weight is 237 g/mol. The number of benzene rings is 1. The Morgan fingerprint density at radius 3 is 2.71 bits per heavy atom. The molecule has 0 saturated heterocycles. The van der Waals surface area contributed by atoms with Gasteiger partial charge in [-0.15, -0.1) is 0 Å². The highest BCUT2D eigenvalue weighted by Crippen LogP contribution is 2.10. The molecule has 0 aliphatic heterocycles. The summed E-state index contributed by atoms with van der Waals surface area (Å²) < 4.78 is 24.0. The van der Waals surface area contributed by atoms with E-state index in [1.54, 1.807) is 12.1 Å². The summed E-state index contributed by atoms with van der Waals surface area (Å²) in [4.78, 5) is 0. The van der Waals surface area contributed by atoms with Crippen molar-refractivity contribution in [3.05, 3.63) is 35.1 Å². The van der Waals surface area contributed by atoms with Gasteiger partial charge in [-0.25, -0.2) is 4.39 Å². The van der Waals surface area contributed by atoms with Crippen molar-refractivity contribution in [1.82, 2.24) is 0 Å². The second-order valence-corrected chi connectivity index (χ2v) is 3.89. The molecule has 0 bridgehead atoms. The smallest absolute Gasteiger partial charge is 0.130 e. The lowest BCUT2D eigenvalue weighted by atomic mass is 10.1. The normalized spacial score (nSPS) is 10.5. The summed E-state index contributed by atoms with van der Waals surface area (Å²) in [5, 5.41) is 8.59. The van der Waals surface area contributed by atoms with Gasteiger partial charge in [-0.05, 0) is 26.0 Å². The number of nitriles is 1. The number of nitrogens with zero attached hydrogens (tertiary/aromatic N) is 1. The Morgan fingerprint density at radius 2 is 2.12 bits per heavy atom. The van der Waals surface area contributed by atoms with Crippen molar-refractivity contribution in [1.29, 1.82) is 5.26 Å². The summed E-state index contributed by atoms with van der Waals surface area (Å²) in [6.07, 6.45) is 0.172. The van der Waals surface area contributed by atoms with Crippen molar-refractivity contribution in [3.63, 3.8) is 0 Å². The monoisotopic (exact) mass is 237 g/mol. The van der Waals surface area contributed by atoms with Crippen LogP contribution in [0.1, 0.15) is 25.0 Å². The minimum Gasteiger partial charge on any atom is -0.376 e. The maximum Gasteiger partial charge on any atom is 0.130 e. The van der Waals surface area contributed by atoms with Crippen LogP contribution in [0.5, 0.6) is 0 Å². The molecule has 4 heteroatoms. The molecule has 3 nitrogen and oxygen atoms in total. The van der Waals surface area contributed by atoms with Gasteiger partial charge in [-0.3, -0.25) is 0 Å². The maximum atomic E-state index is 13.4. The first-order valence-corrected chi connectivity index (χ1v) is 5.51. The molecule has 0 unspecified atom stereocenters. The highest BCUT2D eigenvalue weighted by molar-refractivity contribution is 5.32. The number of halogens is 1. The van der Waals surface area contributed by atoms with E-state index in [0.717, 1.165) is 0 Å². The molecular formula is C13H16FNO2. The van der Waals surface area contributed by atoms with Gasteiger partial charge in [0.05, 0.1) is 37.6 Å². The van der Waals surface area contributed by atoms with Gasteiger partial charge < -0.3 is 9.47 Å². The topological polar surface area (TPSA) is 42.2 Å². The van der Waals surface area contributed by atoms with Gasteiger partial charge >= 0.3 is 0 Å². The van der Waals surface area contributed by atoms with Crippen molar-refractivity contribution < 1.29 is 13.9 Å². The lowest BCUT2D eigenvalue weighted by Crippen LogP contribution is -2.09. The van der Waals surface area contributed by atoms with Gasteiger partial charge in [0.25, 0.3) is 0 Å². The molecule has 0 aromatic heterocycles. The summed E-state index contributed by atoms with van der Waals surface area (Å²) in [5.41, 5.74) is 0.767. The molecule has 0 fully saturated rings. The summed E-state index contributed by atoms with van der Waals surface area (Å²) in [6, 6.07) is 6.24. The van der Waals surface area contributed by atoms with E-state index in [-0.39, 0.29) is 12.7 Å². The first-order valence-electron chi connectivity index (χ1n) is 5.51. The Bertz CT molecular complexity index is 399. The molecule has 0 atom stereocenters. The molecule has 0 aliphatic rings. The molecule has 1 aromatic rings. The predicted octanol–water partition coefficient (Wildman–Crippen LogP) is 2.64. The van der Waals surface area contributed by atoms with Crippen LogP contribution in [0, 0.1) is 17.1 Å². The fourth-order valence-corrected chi connectivity index (χ4v) is 1.26. The van der Waals surface area contributed by atoms with Crippen LogP contribution < -0.4 is 0 Å². The van der Waals surface area contributed by atoms with Crippen LogP contribution in [0.25, 0.3) is 0 Å². The average Bonchev–Trinajstić information content (AvgIpc) is 2.30. The molecule has 92 valence electrons. The van der Waals surface area contributed by atoms with E-state index < -0.39 is 5.82 Å². The van der Waals surface area contributed by atoms with Gasteiger partial charge in [-0.1, -0.05) is 6.07 Å². The molecule has 0 radical (unpaired) electrons. The zero-order chi connectivity index (χ0) is 12.7. The van der Waals surface area contributed by atoms with E-state index in [9.17, 15) is 4.39 Å². The lowest BCUT2D eigenvalue weighted by molar-refractivity contribution is 0.0137. The third-order valence-corrected chi connectivity index (χ3v) is 2.12. The minimum absolute atomic E-state index is 0.172. The number of hydrogen-bond acceptors (Lipinski definition) is 3. The number of rotatable bonds is 6. The van der Waals surface area contributed by atoms with Crippen LogP contribution in [-0.4, -0.2) is 19.3 Å². The summed E-state index contributed by atoms with van der Waals surface area (Å²) in [7, 11) is 0. The van der Waals surface area contributed by atoms with Crippen LogP contribution in [0.4, 0.5) is 4.39 Å². The molecule has 0 amide bonds.